The molecule has 8 heteroatoms. The van der Waals surface area contributed by atoms with Crippen LogP contribution in [-0.2, 0) is 6.18 Å². The van der Waals surface area contributed by atoms with Crippen LogP contribution in [0.1, 0.15) is 42.2 Å². The summed E-state index contributed by atoms with van der Waals surface area (Å²) in [5, 5.41) is 0. The molecule has 2 aliphatic rings. The number of nitrogens with zero attached hydrogens (tertiary/aromatic N) is 2. The predicted octanol–water partition coefficient (Wildman–Crippen LogP) is 4.52. The third-order valence-corrected chi connectivity index (χ3v) is 6.26. The molecule has 5 rings (SSSR count). The molecule has 1 aliphatic heterocycles. The molecule has 0 radical (unpaired) electrons. The minimum Gasteiger partial charge on any atom is -0.335 e. The first kappa shape index (κ1) is 21.9. The number of hydrogen-bond donors (Lipinski definition) is 0. The van der Waals surface area contributed by atoms with Gasteiger partial charge < -0.3 is 9.80 Å². The summed E-state index contributed by atoms with van der Waals surface area (Å²) >= 11 is 0. The van der Waals surface area contributed by atoms with Crippen LogP contribution in [0.3, 0.4) is 0 Å². The fraction of sp³-hybridized carbons (Fsp3) is 0.192. The quantitative estimate of drug-likeness (QED) is 0.439. The highest BCUT2D eigenvalue weighted by molar-refractivity contribution is 6.22. The Bertz CT molecular complexity index is 1320. The van der Waals surface area contributed by atoms with Crippen LogP contribution in [0.4, 0.5) is 13.2 Å². The molecule has 172 valence electrons. The number of amides is 2. The molecule has 0 N–H and O–H groups in total. The van der Waals surface area contributed by atoms with Crippen LogP contribution in [-0.4, -0.2) is 53.6 Å². The van der Waals surface area contributed by atoms with Crippen molar-refractivity contribution < 1.29 is 27.6 Å². The zero-order valence-corrected chi connectivity index (χ0v) is 17.9. The Balaban J connectivity index is 1.27. The predicted molar refractivity (Wildman–Crippen MR) is 119 cm³/mol. The highest BCUT2D eigenvalue weighted by Crippen LogP contribution is 2.37. The third kappa shape index (κ3) is 3.75. The van der Waals surface area contributed by atoms with Gasteiger partial charge in [0, 0.05) is 48.4 Å². The van der Waals surface area contributed by atoms with Crippen LogP contribution < -0.4 is 0 Å². The summed E-state index contributed by atoms with van der Waals surface area (Å²) in [7, 11) is 0. The number of piperazine rings is 1. The number of rotatable bonds is 2. The van der Waals surface area contributed by atoms with Crippen LogP contribution in [0.15, 0.2) is 66.7 Å². The maximum absolute atomic E-state index is 13.1. The average Bonchev–Trinajstić information content (AvgIpc) is 3.14. The van der Waals surface area contributed by atoms with Gasteiger partial charge in [0.25, 0.3) is 11.8 Å². The van der Waals surface area contributed by atoms with Crippen molar-refractivity contribution in [2.24, 2.45) is 0 Å². The average molecular weight is 464 g/mol. The van der Waals surface area contributed by atoms with Crippen molar-refractivity contribution in [3.8, 4) is 11.1 Å². The summed E-state index contributed by atoms with van der Waals surface area (Å²) in [6.45, 7) is 0.899. The molecular weight excluding hydrogens is 445 g/mol. The van der Waals surface area contributed by atoms with Crippen molar-refractivity contribution in [1.82, 2.24) is 9.80 Å². The number of ketones is 1. The van der Waals surface area contributed by atoms with Gasteiger partial charge in [0.1, 0.15) is 0 Å². The first-order valence-corrected chi connectivity index (χ1v) is 10.8. The molecular formula is C26H19F3N2O3. The van der Waals surface area contributed by atoms with E-state index in [1.54, 1.807) is 35.2 Å². The van der Waals surface area contributed by atoms with Gasteiger partial charge >= 0.3 is 6.18 Å². The number of carbonyl (C=O) groups excluding carboxylic acids is 3. The van der Waals surface area contributed by atoms with E-state index in [4.69, 9.17) is 0 Å². The lowest BCUT2D eigenvalue weighted by Gasteiger charge is -2.35. The van der Waals surface area contributed by atoms with E-state index >= 15 is 0 Å². The summed E-state index contributed by atoms with van der Waals surface area (Å²) in [5.74, 6) is -0.867. The molecule has 1 fully saturated rings. The van der Waals surface area contributed by atoms with Crippen molar-refractivity contribution in [3.05, 3.63) is 94.5 Å². The van der Waals surface area contributed by atoms with E-state index in [-0.39, 0.29) is 43.4 Å². The highest BCUT2D eigenvalue weighted by atomic mass is 19.4. The lowest BCUT2D eigenvalue weighted by Crippen LogP contribution is -2.50. The Kier molecular flexibility index (Phi) is 5.23. The molecule has 0 spiro atoms. The molecule has 0 bridgehead atoms. The monoisotopic (exact) mass is 464 g/mol. The summed E-state index contributed by atoms with van der Waals surface area (Å²) < 4.78 is 38.9. The molecule has 3 aromatic carbocycles. The minimum absolute atomic E-state index is 0.0358. The second kappa shape index (κ2) is 8.13. The van der Waals surface area contributed by atoms with Gasteiger partial charge in [-0.1, -0.05) is 36.4 Å². The van der Waals surface area contributed by atoms with Gasteiger partial charge in [0.2, 0.25) is 0 Å². The van der Waals surface area contributed by atoms with Crippen molar-refractivity contribution >= 4 is 17.6 Å². The number of carbonyl (C=O) groups is 3. The summed E-state index contributed by atoms with van der Waals surface area (Å²) in [6.07, 6.45) is -4.53. The molecule has 3 aromatic rings. The van der Waals surface area contributed by atoms with Gasteiger partial charge in [-0.25, -0.2) is 0 Å². The topological polar surface area (TPSA) is 57.7 Å². The zero-order chi connectivity index (χ0) is 24.0. The first-order valence-electron chi connectivity index (χ1n) is 10.8. The Labute approximate surface area is 193 Å². The van der Waals surface area contributed by atoms with Crippen molar-refractivity contribution in [3.63, 3.8) is 0 Å². The van der Waals surface area contributed by atoms with E-state index < -0.39 is 17.6 Å². The molecule has 1 saturated heterocycles. The molecule has 1 heterocycles. The molecule has 0 unspecified atom stereocenters. The lowest BCUT2D eigenvalue weighted by molar-refractivity contribution is -0.137. The van der Waals surface area contributed by atoms with Gasteiger partial charge in [-0.2, -0.15) is 13.2 Å². The van der Waals surface area contributed by atoms with Crippen molar-refractivity contribution in [2.45, 2.75) is 6.18 Å². The number of fused-ring (bicyclic) bond motifs is 3. The Morgan fingerprint density at radius 3 is 1.82 bits per heavy atom. The van der Waals surface area contributed by atoms with Crippen LogP contribution >= 0.6 is 0 Å². The molecule has 1 aliphatic carbocycles. The minimum atomic E-state index is -4.53. The van der Waals surface area contributed by atoms with E-state index in [0.29, 0.717) is 16.7 Å². The largest absolute Gasteiger partial charge is 0.416 e. The second-order valence-corrected chi connectivity index (χ2v) is 8.30. The molecule has 2 amide bonds. The SMILES string of the molecule is O=C1c2ccccc2-c2ccc(C(=O)N3CCN(C(=O)c4cccc(C(F)(F)F)c4)CC3)cc21. The van der Waals surface area contributed by atoms with Gasteiger partial charge in [-0.05, 0) is 41.5 Å². The van der Waals surface area contributed by atoms with Crippen LogP contribution in [0.5, 0.6) is 0 Å². The van der Waals surface area contributed by atoms with Gasteiger partial charge in [0.05, 0.1) is 5.56 Å². The van der Waals surface area contributed by atoms with E-state index in [0.717, 1.165) is 23.3 Å². The third-order valence-electron chi connectivity index (χ3n) is 6.26. The van der Waals surface area contributed by atoms with Crippen LogP contribution in [0.25, 0.3) is 11.1 Å². The van der Waals surface area contributed by atoms with Crippen molar-refractivity contribution in [1.29, 1.82) is 0 Å². The van der Waals surface area contributed by atoms with Gasteiger partial charge in [0.15, 0.2) is 5.78 Å². The Morgan fingerprint density at radius 1 is 0.647 bits per heavy atom. The fourth-order valence-corrected chi connectivity index (χ4v) is 4.47. The van der Waals surface area contributed by atoms with E-state index in [1.807, 2.05) is 12.1 Å². The summed E-state index contributed by atoms with van der Waals surface area (Å²) in [4.78, 5) is 41.6. The van der Waals surface area contributed by atoms with Crippen molar-refractivity contribution in [2.75, 3.05) is 26.2 Å². The fourth-order valence-electron chi connectivity index (χ4n) is 4.47. The number of benzene rings is 3. The molecule has 34 heavy (non-hydrogen) atoms. The standard InChI is InChI=1S/C26H19F3N2O3/c27-26(28,29)18-5-3-4-16(14-18)24(33)30-10-12-31(13-11-30)25(34)17-8-9-20-19-6-1-2-7-21(19)23(32)22(20)15-17/h1-9,14-15H,10-13H2. The molecule has 5 nitrogen and oxygen atoms in total. The van der Waals surface area contributed by atoms with E-state index in [9.17, 15) is 27.6 Å². The Morgan fingerprint density at radius 2 is 1.21 bits per heavy atom. The van der Waals surface area contributed by atoms with Gasteiger partial charge in [-0.15, -0.1) is 0 Å². The zero-order valence-electron chi connectivity index (χ0n) is 17.9. The second-order valence-electron chi connectivity index (χ2n) is 8.30. The van der Waals surface area contributed by atoms with Gasteiger partial charge in [-0.3, -0.25) is 14.4 Å². The smallest absolute Gasteiger partial charge is 0.335 e. The van der Waals surface area contributed by atoms with Crippen LogP contribution in [0.2, 0.25) is 0 Å². The number of halogens is 3. The van der Waals surface area contributed by atoms with E-state index in [1.165, 1.54) is 17.0 Å². The normalized spacial score (nSPS) is 15.2. The first-order chi connectivity index (χ1) is 16.2. The number of hydrogen-bond acceptors (Lipinski definition) is 3. The van der Waals surface area contributed by atoms with Crippen LogP contribution in [0, 0.1) is 0 Å². The summed E-state index contributed by atoms with van der Waals surface area (Å²) in [6, 6.07) is 16.7. The maximum atomic E-state index is 13.1. The molecule has 0 atom stereocenters. The van der Waals surface area contributed by atoms with E-state index in [2.05, 4.69) is 0 Å². The number of alkyl halides is 3. The maximum Gasteiger partial charge on any atom is 0.416 e. The molecule has 0 aromatic heterocycles. The lowest BCUT2D eigenvalue weighted by atomic mass is 10.0. The summed E-state index contributed by atoms with van der Waals surface area (Å²) in [5.41, 5.74) is 2.23. The molecule has 0 saturated carbocycles. The highest BCUT2D eigenvalue weighted by Gasteiger charge is 2.32. The Hall–Kier alpha value is -3.94.